The summed E-state index contributed by atoms with van der Waals surface area (Å²) in [4.78, 5) is 22.2. The first-order chi connectivity index (χ1) is 25.6. The first-order valence-electron chi connectivity index (χ1n) is 19.0. The van der Waals surface area contributed by atoms with Gasteiger partial charge in [-0.05, 0) is 102 Å². The minimum absolute atomic E-state index is 0.675. The number of nitrogens with zero attached hydrogens (tertiary/aromatic N) is 2. The average molecular weight is 721 g/mol. The van der Waals surface area contributed by atoms with E-state index in [0.717, 1.165) is 41.6 Å². The lowest BCUT2D eigenvalue weighted by Crippen LogP contribution is -2.22. The molecule has 0 bridgehead atoms. The van der Waals surface area contributed by atoms with E-state index in [-0.39, 0.29) is 0 Å². The third-order valence-electron chi connectivity index (χ3n) is 9.84. The molecule has 52 heavy (non-hydrogen) atoms. The average Bonchev–Trinajstić information content (AvgIpc) is 3.18. The molecule has 0 spiro atoms. The lowest BCUT2D eigenvalue weighted by Gasteiger charge is -2.33. The summed E-state index contributed by atoms with van der Waals surface area (Å²) in [6.45, 7) is 6.59. The van der Waals surface area contributed by atoms with Gasteiger partial charge in [0.25, 0.3) is 0 Å². The van der Waals surface area contributed by atoms with E-state index in [1.165, 1.54) is 93.7 Å². The summed E-state index contributed by atoms with van der Waals surface area (Å²) in [5.41, 5.74) is 10.2. The van der Waals surface area contributed by atoms with Crippen molar-refractivity contribution in [1.82, 2.24) is 0 Å². The molecule has 0 atom stereocenters. The monoisotopic (exact) mass is 720 g/mol. The molecule has 0 aliphatic carbocycles. The fourth-order valence-electron chi connectivity index (χ4n) is 7.13. The number of anilines is 4. The summed E-state index contributed by atoms with van der Waals surface area (Å²) in [5, 5.41) is 0. The van der Waals surface area contributed by atoms with Crippen molar-refractivity contribution in [3.63, 3.8) is 0 Å². The van der Waals surface area contributed by atoms with Gasteiger partial charge in [-0.25, -0.2) is 0 Å². The van der Waals surface area contributed by atoms with E-state index in [0.29, 0.717) is 5.56 Å². The maximum absolute atomic E-state index is 12.0. The van der Waals surface area contributed by atoms with Gasteiger partial charge in [-0.1, -0.05) is 137 Å². The van der Waals surface area contributed by atoms with Crippen molar-refractivity contribution < 1.29 is 4.79 Å². The zero-order valence-corrected chi connectivity index (χ0v) is 32.0. The second kappa shape index (κ2) is 17.4. The summed E-state index contributed by atoms with van der Waals surface area (Å²) in [7, 11) is 0. The first-order valence-corrected chi connectivity index (χ1v) is 20.6. The molecule has 0 unspecified atom stereocenters. The van der Waals surface area contributed by atoms with Gasteiger partial charge in [0.1, 0.15) is 6.29 Å². The zero-order valence-electron chi connectivity index (χ0n) is 30.4. The van der Waals surface area contributed by atoms with Crippen molar-refractivity contribution in [3.05, 3.63) is 131 Å². The Morgan fingerprint density at radius 3 is 1.33 bits per heavy atom. The molecule has 0 saturated carbocycles. The van der Waals surface area contributed by atoms with Gasteiger partial charge >= 0.3 is 0 Å². The third-order valence-corrected chi connectivity index (χ3v) is 12.1. The second-order valence-electron chi connectivity index (χ2n) is 13.7. The minimum atomic E-state index is 0.675. The number of hydrogen-bond acceptors (Lipinski definition) is 5. The van der Waals surface area contributed by atoms with Crippen LogP contribution in [-0.2, 0) is 0 Å². The van der Waals surface area contributed by atoms with Gasteiger partial charge in [0.2, 0.25) is 0 Å². The van der Waals surface area contributed by atoms with Crippen molar-refractivity contribution >= 4 is 76.9 Å². The third kappa shape index (κ3) is 8.43. The van der Waals surface area contributed by atoms with Crippen LogP contribution < -0.4 is 9.80 Å². The number of carbonyl (C=O) groups is 1. The van der Waals surface area contributed by atoms with Crippen LogP contribution in [0.1, 0.15) is 97.8 Å². The predicted octanol–water partition coefficient (Wildman–Crippen LogP) is 14.2. The van der Waals surface area contributed by atoms with Crippen LogP contribution in [0.3, 0.4) is 0 Å². The molecule has 5 aromatic carbocycles. The smallest absolute Gasteiger partial charge is 0.150 e. The molecule has 3 nitrogen and oxygen atoms in total. The molecule has 0 aromatic heterocycles. The molecule has 0 amide bonds. The quantitative estimate of drug-likeness (QED) is 0.0609. The fourth-order valence-corrected chi connectivity index (χ4v) is 9.42. The molecule has 5 aromatic rings. The van der Waals surface area contributed by atoms with Crippen LogP contribution in [0.25, 0.3) is 24.3 Å². The van der Waals surface area contributed by atoms with E-state index < -0.39 is 0 Å². The molecule has 0 fully saturated rings. The highest BCUT2D eigenvalue weighted by atomic mass is 32.2. The highest BCUT2D eigenvalue weighted by Gasteiger charge is 2.24. The zero-order chi connectivity index (χ0) is 35.7. The lowest BCUT2D eigenvalue weighted by molar-refractivity contribution is 0.112. The van der Waals surface area contributed by atoms with Crippen molar-refractivity contribution in [2.45, 2.75) is 84.8 Å². The van der Waals surface area contributed by atoms with Gasteiger partial charge in [0.05, 0.1) is 22.7 Å². The predicted molar refractivity (Wildman–Crippen MR) is 226 cm³/mol. The summed E-state index contributed by atoms with van der Waals surface area (Å²) < 4.78 is 0. The number of para-hydroxylation sites is 2. The fraction of sp³-hybridized carbons (Fsp3) is 0.255. The maximum atomic E-state index is 12.0. The Morgan fingerprint density at radius 1 is 0.442 bits per heavy atom. The van der Waals surface area contributed by atoms with Crippen LogP contribution in [0.5, 0.6) is 0 Å². The molecule has 7 rings (SSSR count). The highest BCUT2D eigenvalue weighted by molar-refractivity contribution is 8.00. The van der Waals surface area contributed by atoms with E-state index in [1.807, 2.05) is 35.7 Å². The van der Waals surface area contributed by atoms with E-state index in [1.54, 1.807) is 0 Å². The van der Waals surface area contributed by atoms with Crippen LogP contribution in [0, 0.1) is 0 Å². The van der Waals surface area contributed by atoms with E-state index in [2.05, 4.69) is 139 Å². The number of fused-ring (bicyclic) bond motifs is 4. The number of carbonyl (C=O) groups excluding carboxylic acids is 1. The standard InChI is InChI=1S/C47H48N2OS2/c1-3-5-7-13-27-48-40-15-9-11-17-44(40)51-46-32-35(23-25-42(46)48)19-21-37-29-38(31-39(30-37)34-50)22-20-36-24-26-43-47(33-36)52-45-18-12-10-16-41(45)49(43)28-14-8-6-4-2/h9-12,15-26,29-34H,3-8,13-14,27-28H2,1-2H3/b21-19+,22-20+. The molecule has 0 radical (unpaired) electrons. The summed E-state index contributed by atoms with van der Waals surface area (Å²) >= 11 is 3.71. The minimum Gasteiger partial charge on any atom is -0.340 e. The topological polar surface area (TPSA) is 23.6 Å². The molecule has 2 heterocycles. The Kier molecular flexibility index (Phi) is 12.0. The normalized spacial score (nSPS) is 13.3. The van der Waals surface area contributed by atoms with E-state index >= 15 is 0 Å². The molecule has 5 heteroatoms. The number of hydrogen-bond donors (Lipinski definition) is 0. The Labute approximate surface area is 318 Å². The second-order valence-corrected chi connectivity index (χ2v) is 15.9. The molecule has 0 saturated heterocycles. The van der Waals surface area contributed by atoms with Crippen molar-refractivity contribution in [1.29, 1.82) is 0 Å². The summed E-state index contributed by atoms with van der Waals surface area (Å²) in [6, 6.07) is 37.2. The highest BCUT2D eigenvalue weighted by Crippen LogP contribution is 2.50. The lowest BCUT2D eigenvalue weighted by atomic mass is 10.0. The van der Waals surface area contributed by atoms with Gasteiger partial charge in [-0.3, -0.25) is 4.79 Å². The number of aldehydes is 1. The molecule has 264 valence electrons. The van der Waals surface area contributed by atoms with Gasteiger partial charge in [-0.2, -0.15) is 0 Å². The molecular formula is C47H48N2OS2. The number of unbranched alkanes of at least 4 members (excludes halogenated alkanes) is 6. The van der Waals surface area contributed by atoms with Crippen LogP contribution in [-0.4, -0.2) is 19.4 Å². The number of benzene rings is 5. The molecule has 0 N–H and O–H groups in total. The molecular weight excluding hydrogens is 673 g/mol. The van der Waals surface area contributed by atoms with Crippen molar-refractivity contribution in [3.8, 4) is 0 Å². The molecule has 2 aliphatic rings. The first kappa shape index (κ1) is 35.9. The Balaban J connectivity index is 1.09. The largest absolute Gasteiger partial charge is 0.340 e. The molecule has 2 aliphatic heterocycles. The Hall–Kier alpha value is -4.45. The van der Waals surface area contributed by atoms with Crippen molar-refractivity contribution in [2.24, 2.45) is 0 Å². The van der Waals surface area contributed by atoms with Gasteiger partial charge < -0.3 is 9.80 Å². The van der Waals surface area contributed by atoms with Gasteiger partial charge in [0, 0.05) is 38.2 Å². The van der Waals surface area contributed by atoms with Gasteiger partial charge in [-0.15, -0.1) is 0 Å². The van der Waals surface area contributed by atoms with Crippen LogP contribution in [0.15, 0.2) is 123 Å². The summed E-state index contributed by atoms with van der Waals surface area (Å²) in [6.07, 6.45) is 19.5. The number of rotatable bonds is 15. The Morgan fingerprint density at radius 2 is 0.865 bits per heavy atom. The van der Waals surface area contributed by atoms with E-state index in [9.17, 15) is 4.79 Å². The van der Waals surface area contributed by atoms with Crippen LogP contribution in [0.2, 0.25) is 0 Å². The van der Waals surface area contributed by atoms with Crippen molar-refractivity contribution in [2.75, 3.05) is 22.9 Å². The SMILES string of the molecule is CCCCCCN1c2ccccc2Sc2cc(/C=C/c3cc(C=O)cc(/C=C/c4ccc5c(c4)Sc4ccccc4N5CCCCCC)c3)ccc21. The van der Waals surface area contributed by atoms with Crippen LogP contribution in [0.4, 0.5) is 22.7 Å². The van der Waals surface area contributed by atoms with Gasteiger partial charge in [0.15, 0.2) is 0 Å². The summed E-state index contributed by atoms with van der Waals surface area (Å²) in [5.74, 6) is 0. The van der Waals surface area contributed by atoms with E-state index in [4.69, 9.17) is 0 Å². The Bertz CT molecular complexity index is 1940. The van der Waals surface area contributed by atoms with Crippen LogP contribution >= 0.6 is 23.5 Å². The maximum Gasteiger partial charge on any atom is 0.150 e.